The summed E-state index contributed by atoms with van der Waals surface area (Å²) in [5, 5.41) is 11.8. The summed E-state index contributed by atoms with van der Waals surface area (Å²) in [5.74, 6) is 1.31. The van der Waals surface area contributed by atoms with E-state index in [1.165, 1.54) is 25.7 Å². The molecule has 6 nitrogen and oxygen atoms in total. The lowest BCUT2D eigenvalue weighted by Crippen LogP contribution is -2.42. The molecule has 0 atom stereocenters. The van der Waals surface area contributed by atoms with Gasteiger partial charge in [0.2, 0.25) is 0 Å². The zero-order valence-corrected chi connectivity index (χ0v) is 11.5. The quantitative estimate of drug-likeness (QED) is 0.350. The number of imidazole rings is 1. The fraction of sp³-hybridized carbons (Fsp3) is 0.692. The maximum atomic E-state index is 8.74. The first kappa shape index (κ1) is 13.9. The van der Waals surface area contributed by atoms with Gasteiger partial charge >= 0.3 is 0 Å². The van der Waals surface area contributed by atoms with E-state index in [9.17, 15) is 0 Å². The lowest BCUT2D eigenvalue weighted by atomic mass is 10.2. The highest BCUT2D eigenvalue weighted by Gasteiger charge is 2.23. The number of hydrogen-bond donors (Lipinski definition) is 2. The lowest BCUT2D eigenvalue weighted by Gasteiger charge is -2.28. The molecule has 0 bridgehead atoms. The Morgan fingerprint density at radius 1 is 1.58 bits per heavy atom. The van der Waals surface area contributed by atoms with Gasteiger partial charge in [0.15, 0.2) is 5.84 Å². The molecule has 2 rings (SSSR count). The van der Waals surface area contributed by atoms with Crippen LogP contribution in [0.25, 0.3) is 0 Å². The van der Waals surface area contributed by atoms with E-state index in [1.54, 1.807) is 0 Å². The molecule has 0 amide bonds. The van der Waals surface area contributed by atoms with Crippen molar-refractivity contribution in [1.29, 1.82) is 0 Å². The van der Waals surface area contributed by atoms with Crippen molar-refractivity contribution in [3.8, 4) is 0 Å². The third-order valence-electron chi connectivity index (χ3n) is 3.89. The summed E-state index contributed by atoms with van der Waals surface area (Å²) in [4.78, 5) is 6.55. The summed E-state index contributed by atoms with van der Waals surface area (Å²) in [6, 6.07) is 0.559. The van der Waals surface area contributed by atoms with Crippen molar-refractivity contribution in [2.75, 3.05) is 13.1 Å². The predicted molar refractivity (Wildman–Crippen MR) is 74.2 cm³/mol. The van der Waals surface area contributed by atoms with Gasteiger partial charge in [-0.25, -0.2) is 4.98 Å². The van der Waals surface area contributed by atoms with E-state index in [-0.39, 0.29) is 5.84 Å². The fourth-order valence-electron chi connectivity index (χ4n) is 2.78. The van der Waals surface area contributed by atoms with Crippen molar-refractivity contribution in [3.63, 3.8) is 0 Å². The minimum atomic E-state index is 0.286. The SMILES string of the molecule is Cc1nccn1CCN(CC(N)=NO)C1CCCC1. The minimum absolute atomic E-state index is 0.286. The predicted octanol–water partition coefficient (Wildman–Crippen LogP) is 1.18. The van der Waals surface area contributed by atoms with E-state index >= 15 is 0 Å². The van der Waals surface area contributed by atoms with Crippen LogP contribution in [0.4, 0.5) is 0 Å². The number of nitrogens with zero attached hydrogens (tertiary/aromatic N) is 4. The van der Waals surface area contributed by atoms with Crippen molar-refractivity contribution >= 4 is 5.84 Å². The highest BCUT2D eigenvalue weighted by molar-refractivity contribution is 5.81. The largest absolute Gasteiger partial charge is 0.409 e. The van der Waals surface area contributed by atoms with Gasteiger partial charge in [-0.3, -0.25) is 4.90 Å². The van der Waals surface area contributed by atoms with Crippen molar-refractivity contribution in [3.05, 3.63) is 18.2 Å². The summed E-state index contributed by atoms with van der Waals surface area (Å²) in [6.45, 7) is 4.33. The molecular formula is C13H23N5O. The normalized spacial score (nSPS) is 17.5. The Kier molecular flexibility index (Phi) is 4.79. The number of nitrogens with two attached hydrogens (primary N) is 1. The van der Waals surface area contributed by atoms with Gasteiger partial charge < -0.3 is 15.5 Å². The third kappa shape index (κ3) is 3.70. The smallest absolute Gasteiger partial charge is 0.153 e. The molecule has 0 aromatic carbocycles. The fourth-order valence-corrected chi connectivity index (χ4v) is 2.78. The Morgan fingerprint density at radius 2 is 2.32 bits per heavy atom. The Bertz CT molecular complexity index is 422. The summed E-state index contributed by atoms with van der Waals surface area (Å²) in [6.07, 6.45) is 8.79. The standard InChI is InChI=1S/C13H23N5O/c1-11-15-6-7-17(11)8-9-18(10-13(14)16-19)12-4-2-3-5-12/h6-7,12,19H,2-5,8-10H2,1H3,(H2,14,16). The molecule has 0 aliphatic heterocycles. The highest BCUT2D eigenvalue weighted by Crippen LogP contribution is 2.23. The number of aryl methyl sites for hydroxylation is 1. The van der Waals surface area contributed by atoms with Gasteiger partial charge in [0.25, 0.3) is 0 Å². The first-order valence-corrected chi connectivity index (χ1v) is 6.89. The maximum absolute atomic E-state index is 8.74. The molecule has 1 aliphatic rings. The molecule has 1 saturated carbocycles. The summed E-state index contributed by atoms with van der Waals surface area (Å²) in [5.41, 5.74) is 5.66. The van der Waals surface area contributed by atoms with Gasteiger partial charge in [-0.1, -0.05) is 18.0 Å². The Balaban J connectivity index is 1.94. The van der Waals surface area contributed by atoms with E-state index in [1.807, 2.05) is 19.3 Å². The topological polar surface area (TPSA) is 79.7 Å². The van der Waals surface area contributed by atoms with Crippen LogP contribution in [0.5, 0.6) is 0 Å². The average Bonchev–Trinajstić information content (AvgIpc) is 3.06. The summed E-state index contributed by atoms with van der Waals surface area (Å²) in [7, 11) is 0. The number of oxime groups is 1. The van der Waals surface area contributed by atoms with Crippen molar-refractivity contribution < 1.29 is 5.21 Å². The molecular weight excluding hydrogens is 242 g/mol. The van der Waals surface area contributed by atoms with Gasteiger partial charge in [-0.2, -0.15) is 0 Å². The highest BCUT2D eigenvalue weighted by atomic mass is 16.4. The summed E-state index contributed by atoms with van der Waals surface area (Å²) >= 11 is 0. The zero-order chi connectivity index (χ0) is 13.7. The molecule has 0 saturated heterocycles. The van der Waals surface area contributed by atoms with E-state index in [2.05, 4.69) is 19.6 Å². The molecule has 1 aromatic rings. The van der Waals surface area contributed by atoms with Crippen LogP contribution in [0.1, 0.15) is 31.5 Å². The number of hydrogen-bond acceptors (Lipinski definition) is 4. The lowest BCUT2D eigenvalue weighted by molar-refractivity contribution is 0.214. The third-order valence-corrected chi connectivity index (χ3v) is 3.89. The first-order chi connectivity index (χ1) is 9.20. The van der Waals surface area contributed by atoms with Gasteiger partial charge in [0.05, 0.1) is 6.54 Å². The molecule has 0 unspecified atom stereocenters. The van der Waals surface area contributed by atoms with Gasteiger partial charge in [-0.05, 0) is 19.8 Å². The average molecular weight is 265 g/mol. The van der Waals surface area contributed by atoms with Crippen LogP contribution in [0, 0.1) is 6.92 Å². The monoisotopic (exact) mass is 265 g/mol. The van der Waals surface area contributed by atoms with Crippen molar-refractivity contribution in [1.82, 2.24) is 14.5 Å². The van der Waals surface area contributed by atoms with Crippen LogP contribution >= 0.6 is 0 Å². The van der Waals surface area contributed by atoms with Gasteiger partial charge in [-0.15, -0.1) is 0 Å². The zero-order valence-electron chi connectivity index (χ0n) is 11.5. The Labute approximate surface area is 113 Å². The van der Waals surface area contributed by atoms with Crippen LogP contribution in [0.3, 0.4) is 0 Å². The van der Waals surface area contributed by atoms with Crippen LogP contribution in [-0.4, -0.2) is 44.6 Å². The molecule has 1 heterocycles. The van der Waals surface area contributed by atoms with E-state index in [0.717, 1.165) is 18.9 Å². The second-order valence-electron chi connectivity index (χ2n) is 5.17. The molecule has 6 heteroatoms. The van der Waals surface area contributed by atoms with E-state index in [4.69, 9.17) is 10.9 Å². The van der Waals surface area contributed by atoms with Gasteiger partial charge in [0.1, 0.15) is 5.82 Å². The minimum Gasteiger partial charge on any atom is -0.409 e. The molecule has 0 spiro atoms. The molecule has 1 aromatic heterocycles. The van der Waals surface area contributed by atoms with Crippen LogP contribution in [0.2, 0.25) is 0 Å². The van der Waals surface area contributed by atoms with Crippen LogP contribution in [0.15, 0.2) is 17.5 Å². The summed E-state index contributed by atoms with van der Waals surface area (Å²) < 4.78 is 2.13. The molecule has 19 heavy (non-hydrogen) atoms. The Morgan fingerprint density at radius 3 is 2.89 bits per heavy atom. The molecule has 0 radical (unpaired) electrons. The molecule has 1 aliphatic carbocycles. The second-order valence-corrected chi connectivity index (χ2v) is 5.17. The van der Waals surface area contributed by atoms with Crippen molar-refractivity contribution in [2.45, 2.75) is 45.2 Å². The Hall–Kier alpha value is -1.56. The maximum Gasteiger partial charge on any atom is 0.153 e. The number of amidine groups is 1. The van der Waals surface area contributed by atoms with Crippen LogP contribution < -0.4 is 5.73 Å². The first-order valence-electron chi connectivity index (χ1n) is 6.89. The van der Waals surface area contributed by atoms with Gasteiger partial charge in [0, 0.05) is 31.5 Å². The molecule has 106 valence electrons. The van der Waals surface area contributed by atoms with Crippen LogP contribution in [-0.2, 0) is 6.54 Å². The number of aromatic nitrogens is 2. The number of rotatable bonds is 6. The van der Waals surface area contributed by atoms with Crippen molar-refractivity contribution in [2.24, 2.45) is 10.9 Å². The second kappa shape index (κ2) is 6.56. The molecule has 3 N–H and O–H groups in total. The van der Waals surface area contributed by atoms with E-state index < -0.39 is 0 Å². The van der Waals surface area contributed by atoms with E-state index in [0.29, 0.717) is 12.6 Å². The molecule has 1 fully saturated rings.